The molecule has 0 aromatic heterocycles. The van der Waals surface area contributed by atoms with Gasteiger partial charge in [0.25, 0.3) is 0 Å². The van der Waals surface area contributed by atoms with Gasteiger partial charge in [-0.2, -0.15) is 0 Å². The average molecular weight is 291 g/mol. The largest absolute Gasteiger partial charge is 0.364 e. The minimum absolute atomic E-state index is 0.0966. The molecule has 2 N–H and O–H groups in total. The zero-order valence-corrected chi connectivity index (χ0v) is 13.5. The van der Waals surface area contributed by atoms with Crippen LogP contribution >= 0.6 is 0 Å². The highest BCUT2D eigenvalue weighted by Gasteiger charge is 2.25. The van der Waals surface area contributed by atoms with E-state index in [0.29, 0.717) is 6.42 Å². The fourth-order valence-electron chi connectivity index (χ4n) is 3.15. The number of hydrogen-bond acceptors (Lipinski definition) is 2. The van der Waals surface area contributed by atoms with Crippen LogP contribution in [0.2, 0.25) is 0 Å². The van der Waals surface area contributed by atoms with Gasteiger partial charge in [-0.25, -0.2) is 0 Å². The molecule has 1 amide bonds. The van der Waals surface area contributed by atoms with E-state index in [4.69, 9.17) is 4.74 Å². The number of rotatable bonds is 4. The molecule has 1 aromatic rings. The van der Waals surface area contributed by atoms with Gasteiger partial charge in [0, 0.05) is 5.69 Å². The standard InChI is InChI=1S/C17H26N2O2/c1-12-7-13(2)9-16(8-12)18-17(20)5-6-19-10-14(3)21-15(4)11-19/h7-9,14-15H,5-6,10-11H2,1-4H3,(H,18,20)/p+1/t14-,15-/m0/s1. The van der Waals surface area contributed by atoms with Crippen molar-refractivity contribution in [3.63, 3.8) is 0 Å². The first kappa shape index (κ1) is 16.0. The van der Waals surface area contributed by atoms with Crippen LogP contribution < -0.4 is 10.2 Å². The highest BCUT2D eigenvalue weighted by Crippen LogP contribution is 2.13. The van der Waals surface area contributed by atoms with Crippen LogP contribution in [0.25, 0.3) is 0 Å². The molecule has 0 spiro atoms. The molecule has 1 aliphatic heterocycles. The fourth-order valence-corrected chi connectivity index (χ4v) is 3.15. The number of quaternary nitrogens is 1. The molecule has 116 valence electrons. The summed E-state index contributed by atoms with van der Waals surface area (Å²) in [6, 6.07) is 6.13. The highest BCUT2D eigenvalue weighted by molar-refractivity contribution is 5.90. The Morgan fingerprint density at radius 2 is 1.76 bits per heavy atom. The van der Waals surface area contributed by atoms with Crippen molar-refractivity contribution in [2.45, 2.75) is 46.3 Å². The van der Waals surface area contributed by atoms with Crippen LogP contribution in [0.3, 0.4) is 0 Å². The Kier molecular flexibility index (Phi) is 5.37. The Labute approximate surface area is 127 Å². The number of anilines is 1. The summed E-state index contributed by atoms with van der Waals surface area (Å²) in [5.74, 6) is 0.0966. The second-order valence-electron chi connectivity index (χ2n) is 6.34. The second-order valence-corrected chi connectivity index (χ2v) is 6.34. The van der Waals surface area contributed by atoms with E-state index >= 15 is 0 Å². The Bertz CT molecular complexity index is 471. The van der Waals surface area contributed by atoms with E-state index < -0.39 is 0 Å². The maximum atomic E-state index is 12.1. The van der Waals surface area contributed by atoms with Crippen LogP contribution in [0.15, 0.2) is 18.2 Å². The van der Waals surface area contributed by atoms with Crippen molar-refractivity contribution in [2.24, 2.45) is 0 Å². The number of carbonyl (C=O) groups is 1. The lowest BCUT2D eigenvalue weighted by Crippen LogP contribution is -3.15. The van der Waals surface area contributed by atoms with Gasteiger partial charge in [-0.05, 0) is 51.0 Å². The van der Waals surface area contributed by atoms with Gasteiger partial charge < -0.3 is 15.0 Å². The summed E-state index contributed by atoms with van der Waals surface area (Å²) in [4.78, 5) is 13.5. The van der Waals surface area contributed by atoms with Crippen LogP contribution in [0.4, 0.5) is 5.69 Å². The summed E-state index contributed by atoms with van der Waals surface area (Å²) in [6.07, 6.45) is 1.12. The van der Waals surface area contributed by atoms with Crippen LogP contribution in [0.1, 0.15) is 31.4 Å². The maximum absolute atomic E-state index is 12.1. The lowest BCUT2D eigenvalue weighted by Gasteiger charge is -2.32. The zero-order valence-electron chi connectivity index (χ0n) is 13.5. The van der Waals surface area contributed by atoms with Crippen molar-refractivity contribution in [2.75, 3.05) is 25.0 Å². The van der Waals surface area contributed by atoms with Gasteiger partial charge in [-0.15, -0.1) is 0 Å². The number of amides is 1. The predicted octanol–water partition coefficient (Wildman–Crippen LogP) is 1.32. The van der Waals surface area contributed by atoms with Crippen LogP contribution in [-0.4, -0.2) is 37.7 Å². The molecule has 21 heavy (non-hydrogen) atoms. The van der Waals surface area contributed by atoms with Crippen LogP contribution in [-0.2, 0) is 9.53 Å². The van der Waals surface area contributed by atoms with E-state index in [1.54, 1.807) is 0 Å². The maximum Gasteiger partial charge on any atom is 0.230 e. The molecule has 0 saturated carbocycles. The van der Waals surface area contributed by atoms with Crippen LogP contribution in [0, 0.1) is 13.8 Å². The number of carbonyl (C=O) groups excluding carboxylic acids is 1. The summed E-state index contributed by atoms with van der Waals surface area (Å²) in [7, 11) is 0. The molecular formula is C17H27N2O2+. The van der Waals surface area contributed by atoms with E-state index in [1.165, 1.54) is 16.0 Å². The molecule has 1 aromatic carbocycles. The first-order chi connectivity index (χ1) is 9.92. The summed E-state index contributed by atoms with van der Waals surface area (Å²) >= 11 is 0. The minimum atomic E-state index is 0.0966. The topological polar surface area (TPSA) is 42.8 Å². The Hall–Kier alpha value is -1.39. The molecule has 0 radical (unpaired) electrons. The van der Waals surface area contributed by atoms with Gasteiger partial charge in [0.15, 0.2) is 0 Å². The van der Waals surface area contributed by atoms with Gasteiger partial charge in [0.1, 0.15) is 25.3 Å². The number of benzene rings is 1. The van der Waals surface area contributed by atoms with Crippen LogP contribution in [0.5, 0.6) is 0 Å². The van der Waals surface area contributed by atoms with Gasteiger partial charge >= 0.3 is 0 Å². The van der Waals surface area contributed by atoms with E-state index in [1.807, 2.05) is 26.0 Å². The Morgan fingerprint density at radius 1 is 1.19 bits per heavy atom. The fraction of sp³-hybridized carbons (Fsp3) is 0.588. The van der Waals surface area contributed by atoms with Crippen molar-refractivity contribution >= 4 is 11.6 Å². The third-order valence-corrected chi connectivity index (χ3v) is 3.83. The normalized spacial score (nSPS) is 25.6. The first-order valence-corrected chi connectivity index (χ1v) is 7.79. The van der Waals surface area contributed by atoms with Crippen molar-refractivity contribution in [1.29, 1.82) is 0 Å². The van der Waals surface area contributed by atoms with E-state index in [-0.39, 0.29) is 18.1 Å². The third-order valence-electron chi connectivity index (χ3n) is 3.83. The molecule has 2 atom stereocenters. The SMILES string of the molecule is Cc1cc(C)cc(NC(=O)CC[NH+]2C[C@H](C)O[C@@H](C)C2)c1. The third kappa shape index (κ3) is 5.14. The molecule has 1 aliphatic rings. The van der Waals surface area contributed by atoms with Gasteiger partial charge in [-0.1, -0.05) is 6.07 Å². The van der Waals surface area contributed by atoms with Gasteiger partial charge in [0.2, 0.25) is 5.91 Å². The van der Waals surface area contributed by atoms with Crippen molar-refractivity contribution in [3.8, 4) is 0 Å². The molecule has 4 nitrogen and oxygen atoms in total. The average Bonchev–Trinajstić information content (AvgIpc) is 2.34. The molecule has 0 aliphatic carbocycles. The molecular weight excluding hydrogens is 264 g/mol. The molecule has 2 rings (SSSR count). The highest BCUT2D eigenvalue weighted by atomic mass is 16.5. The number of nitrogens with one attached hydrogen (secondary N) is 2. The molecule has 1 fully saturated rings. The Morgan fingerprint density at radius 3 is 2.33 bits per heavy atom. The van der Waals surface area contributed by atoms with E-state index in [9.17, 15) is 4.79 Å². The molecule has 1 heterocycles. The number of ether oxygens (including phenoxy) is 1. The van der Waals surface area contributed by atoms with E-state index in [2.05, 4.69) is 25.2 Å². The Balaban J connectivity index is 1.82. The lowest BCUT2D eigenvalue weighted by molar-refractivity contribution is -0.914. The number of morpholine rings is 1. The first-order valence-electron chi connectivity index (χ1n) is 7.79. The lowest BCUT2D eigenvalue weighted by atomic mass is 10.1. The van der Waals surface area contributed by atoms with Crippen molar-refractivity contribution in [1.82, 2.24) is 0 Å². The number of hydrogen-bond donors (Lipinski definition) is 2. The quantitative estimate of drug-likeness (QED) is 0.879. The molecule has 0 bridgehead atoms. The second kappa shape index (κ2) is 7.05. The van der Waals surface area contributed by atoms with Gasteiger partial charge in [0.05, 0.1) is 13.0 Å². The molecule has 0 unspecified atom stereocenters. The zero-order chi connectivity index (χ0) is 15.4. The molecule has 1 saturated heterocycles. The minimum Gasteiger partial charge on any atom is -0.364 e. The summed E-state index contributed by atoms with van der Waals surface area (Å²) in [6.45, 7) is 11.1. The smallest absolute Gasteiger partial charge is 0.230 e. The van der Waals surface area contributed by atoms with Gasteiger partial charge in [-0.3, -0.25) is 4.79 Å². The predicted molar refractivity (Wildman–Crippen MR) is 84.7 cm³/mol. The monoisotopic (exact) mass is 291 g/mol. The van der Waals surface area contributed by atoms with Crippen molar-refractivity contribution < 1.29 is 14.4 Å². The van der Waals surface area contributed by atoms with E-state index in [0.717, 1.165) is 25.3 Å². The summed E-state index contributed by atoms with van der Waals surface area (Å²) in [5, 5.41) is 3.00. The summed E-state index contributed by atoms with van der Waals surface area (Å²) in [5.41, 5.74) is 3.25. The van der Waals surface area contributed by atoms with Crippen molar-refractivity contribution in [3.05, 3.63) is 29.3 Å². The number of aryl methyl sites for hydroxylation is 2. The summed E-state index contributed by atoms with van der Waals surface area (Å²) < 4.78 is 5.72. The molecule has 4 heteroatoms.